The summed E-state index contributed by atoms with van der Waals surface area (Å²) in [5.41, 5.74) is 0.594. The molecule has 0 saturated carbocycles. The number of anilines is 1. The molecule has 17 heavy (non-hydrogen) atoms. The summed E-state index contributed by atoms with van der Waals surface area (Å²) < 4.78 is 0. The highest BCUT2D eigenvalue weighted by molar-refractivity contribution is 6.34. The summed E-state index contributed by atoms with van der Waals surface area (Å²) in [6.07, 6.45) is 6.61. The van der Waals surface area contributed by atoms with Crippen LogP contribution in [0.15, 0.2) is 18.2 Å². The molecule has 0 amide bonds. The van der Waals surface area contributed by atoms with Crippen LogP contribution in [0.5, 0.6) is 0 Å². The van der Waals surface area contributed by atoms with Crippen molar-refractivity contribution in [1.82, 2.24) is 0 Å². The number of carboxylic acids is 1. The molecule has 1 aromatic carbocycles. The van der Waals surface area contributed by atoms with Crippen LogP contribution >= 0.6 is 11.6 Å². The zero-order valence-corrected chi connectivity index (χ0v) is 10.3. The monoisotopic (exact) mass is 251 g/mol. The molecule has 1 atom stereocenters. The Bertz CT molecular complexity index is 451. The molecule has 4 heteroatoms. The molecule has 0 aromatic heterocycles. The molecule has 0 radical (unpaired) electrons. The number of terminal acetylenes is 1. The van der Waals surface area contributed by atoms with Crippen LogP contribution in [0.1, 0.15) is 30.1 Å². The van der Waals surface area contributed by atoms with Crippen LogP contribution in [0, 0.1) is 12.3 Å². The molecule has 1 aromatic rings. The third-order valence-corrected chi connectivity index (χ3v) is 2.76. The van der Waals surface area contributed by atoms with Crippen LogP contribution in [0.4, 0.5) is 5.69 Å². The summed E-state index contributed by atoms with van der Waals surface area (Å²) in [6.45, 7) is 1.99. The quantitative estimate of drug-likeness (QED) is 0.790. The molecule has 0 saturated heterocycles. The second-order valence-corrected chi connectivity index (χ2v) is 4.03. The second kappa shape index (κ2) is 6.17. The molecule has 0 heterocycles. The Morgan fingerprint density at radius 1 is 1.65 bits per heavy atom. The van der Waals surface area contributed by atoms with Gasteiger partial charge in [0.2, 0.25) is 0 Å². The largest absolute Gasteiger partial charge is 0.478 e. The number of halogens is 1. The molecule has 0 aliphatic rings. The first kappa shape index (κ1) is 13.4. The van der Waals surface area contributed by atoms with Gasteiger partial charge in [-0.15, -0.1) is 12.3 Å². The van der Waals surface area contributed by atoms with Crippen molar-refractivity contribution < 1.29 is 9.90 Å². The zero-order chi connectivity index (χ0) is 12.8. The van der Waals surface area contributed by atoms with Crippen molar-refractivity contribution in [3.8, 4) is 12.3 Å². The maximum absolute atomic E-state index is 11.1. The first-order chi connectivity index (χ1) is 8.10. The Hall–Kier alpha value is -1.66. The number of carboxylic acid groups (broad SMARTS) is 1. The van der Waals surface area contributed by atoms with E-state index in [-0.39, 0.29) is 16.6 Å². The van der Waals surface area contributed by atoms with Gasteiger partial charge in [0.05, 0.1) is 10.7 Å². The van der Waals surface area contributed by atoms with E-state index in [4.69, 9.17) is 23.1 Å². The molecule has 2 N–H and O–H groups in total. The van der Waals surface area contributed by atoms with Crippen molar-refractivity contribution >= 4 is 23.3 Å². The van der Waals surface area contributed by atoms with Crippen LogP contribution in [-0.2, 0) is 0 Å². The molecule has 0 spiro atoms. The average Bonchev–Trinajstić information content (AvgIpc) is 2.28. The lowest BCUT2D eigenvalue weighted by Crippen LogP contribution is -2.19. The highest BCUT2D eigenvalue weighted by Crippen LogP contribution is 2.25. The minimum Gasteiger partial charge on any atom is -0.478 e. The van der Waals surface area contributed by atoms with E-state index in [0.717, 1.165) is 6.42 Å². The predicted molar refractivity (Wildman–Crippen MR) is 69.6 cm³/mol. The fourth-order valence-corrected chi connectivity index (χ4v) is 1.78. The molecule has 0 aliphatic heterocycles. The van der Waals surface area contributed by atoms with Crippen molar-refractivity contribution in [2.45, 2.75) is 25.8 Å². The van der Waals surface area contributed by atoms with Crippen molar-refractivity contribution in [1.29, 1.82) is 0 Å². The normalized spacial score (nSPS) is 11.6. The second-order valence-electron chi connectivity index (χ2n) is 3.63. The first-order valence-electron chi connectivity index (χ1n) is 5.32. The molecular weight excluding hydrogens is 238 g/mol. The molecule has 0 bridgehead atoms. The van der Waals surface area contributed by atoms with Gasteiger partial charge < -0.3 is 10.4 Å². The molecular formula is C13H14ClNO2. The van der Waals surface area contributed by atoms with E-state index < -0.39 is 5.97 Å². The van der Waals surface area contributed by atoms with Crippen LogP contribution < -0.4 is 5.32 Å². The van der Waals surface area contributed by atoms with E-state index >= 15 is 0 Å². The number of nitrogens with one attached hydrogen (secondary N) is 1. The Morgan fingerprint density at radius 2 is 2.35 bits per heavy atom. The van der Waals surface area contributed by atoms with Crippen LogP contribution in [0.2, 0.25) is 5.02 Å². The lowest BCUT2D eigenvalue weighted by Gasteiger charge is -2.17. The number of rotatable bonds is 5. The van der Waals surface area contributed by atoms with Gasteiger partial charge in [-0.05, 0) is 18.6 Å². The summed E-state index contributed by atoms with van der Waals surface area (Å²) in [7, 11) is 0. The minimum absolute atomic E-state index is 0.0524. The summed E-state index contributed by atoms with van der Waals surface area (Å²) >= 11 is 5.87. The van der Waals surface area contributed by atoms with Gasteiger partial charge in [0, 0.05) is 12.5 Å². The van der Waals surface area contributed by atoms with Crippen LogP contribution in [0.3, 0.4) is 0 Å². The molecule has 0 fully saturated rings. The van der Waals surface area contributed by atoms with Gasteiger partial charge in [0.1, 0.15) is 5.56 Å². The molecule has 1 unspecified atom stereocenters. The van der Waals surface area contributed by atoms with Gasteiger partial charge in [-0.25, -0.2) is 4.79 Å². The number of carbonyl (C=O) groups is 1. The fourth-order valence-electron chi connectivity index (χ4n) is 1.52. The topological polar surface area (TPSA) is 49.3 Å². The van der Waals surface area contributed by atoms with Crippen molar-refractivity contribution in [3.05, 3.63) is 28.8 Å². The summed E-state index contributed by atoms with van der Waals surface area (Å²) in [6, 6.07) is 5.00. The van der Waals surface area contributed by atoms with E-state index in [9.17, 15) is 4.79 Å². The summed E-state index contributed by atoms with van der Waals surface area (Å²) in [5, 5.41) is 12.4. The number of hydrogen-bond donors (Lipinski definition) is 2. The van der Waals surface area contributed by atoms with E-state index in [2.05, 4.69) is 11.2 Å². The predicted octanol–water partition coefficient (Wildman–Crippen LogP) is 3.25. The van der Waals surface area contributed by atoms with Gasteiger partial charge in [0.25, 0.3) is 0 Å². The highest BCUT2D eigenvalue weighted by atomic mass is 35.5. The van der Waals surface area contributed by atoms with E-state index in [1.807, 2.05) is 6.92 Å². The first-order valence-corrected chi connectivity index (χ1v) is 5.69. The van der Waals surface area contributed by atoms with Gasteiger partial charge in [-0.2, -0.15) is 0 Å². The Balaban J connectivity index is 3.02. The molecule has 1 rings (SSSR count). The van der Waals surface area contributed by atoms with Gasteiger partial charge in [-0.1, -0.05) is 24.6 Å². The lowest BCUT2D eigenvalue weighted by atomic mass is 10.1. The van der Waals surface area contributed by atoms with Crippen molar-refractivity contribution in [2.75, 3.05) is 5.32 Å². The minimum atomic E-state index is -1.05. The third kappa shape index (κ3) is 3.40. The smallest absolute Gasteiger partial charge is 0.339 e. The molecule has 90 valence electrons. The van der Waals surface area contributed by atoms with Gasteiger partial charge in [0.15, 0.2) is 0 Å². The maximum Gasteiger partial charge on any atom is 0.339 e. The van der Waals surface area contributed by atoms with Crippen LogP contribution in [-0.4, -0.2) is 17.1 Å². The summed E-state index contributed by atoms with van der Waals surface area (Å²) in [5.74, 6) is 1.51. The maximum atomic E-state index is 11.1. The fraction of sp³-hybridized carbons (Fsp3) is 0.308. The lowest BCUT2D eigenvalue weighted by molar-refractivity contribution is 0.0698. The Morgan fingerprint density at radius 3 is 2.88 bits per heavy atom. The Kier molecular flexibility index (Phi) is 4.86. The van der Waals surface area contributed by atoms with Gasteiger partial charge >= 0.3 is 5.97 Å². The third-order valence-electron chi connectivity index (χ3n) is 2.44. The standard InChI is InChI=1S/C13H14ClNO2/c1-3-6-9(4-2)15-11-8-5-7-10(14)12(11)13(16)17/h1,5,7-9,15H,4,6H2,2H3,(H,16,17). The SMILES string of the molecule is C#CCC(CC)Nc1cccc(Cl)c1C(=O)O. The average molecular weight is 252 g/mol. The Labute approximate surface area is 106 Å². The zero-order valence-electron chi connectivity index (χ0n) is 9.53. The van der Waals surface area contributed by atoms with Crippen molar-refractivity contribution in [2.24, 2.45) is 0 Å². The summed E-state index contributed by atoms with van der Waals surface area (Å²) in [4.78, 5) is 11.1. The van der Waals surface area contributed by atoms with E-state index in [1.165, 1.54) is 0 Å². The highest BCUT2D eigenvalue weighted by Gasteiger charge is 2.16. The number of aromatic carboxylic acids is 1. The molecule has 0 aliphatic carbocycles. The van der Waals surface area contributed by atoms with Crippen molar-refractivity contribution in [3.63, 3.8) is 0 Å². The van der Waals surface area contributed by atoms with Gasteiger partial charge in [-0.3, -0.25) is 0 Å². The molecule has 3 nitrogen and oxygen atoms in total. The number of hydrogen-bond acceptors (Lipinski definition) is 2. The van der Waals surface area contributed by atoms with Crippen LogP contribution in [0.25, 0.3) is 0 Å². The number of benzene rings is 1. The van der Waals surface area contributed by atoms with E-state index in [0.29, 0.717) is 12.1 Å². The van der Waals surface area contributed by atoms with E-state index in [1.54, 1.807) is 18.2 Å².